The summed E-state index contributed by atoms with van der Waals surface area (Å²) in [5.74, 6) is 0. The van der Waals surface area contributed by atoms with Gasteiger partial charge < -0.3 is 13.7 Å². The Morgan fingerprint density at radius 1 is 0.808 bits per heavy atom. The summed E-state index contributed by atoms with van der Waals surface area (Å²) in [6, 6.07) is -3.99. The van der Waals surface area contributed by atoms with Crippen molar-refractivity contribution in [2.75, 3.05) is 0 Å². The minimum absolute atomic E-state index is 0.00856. The third-order valence-corrected chi connectivity index (χ3v) is 5.27. The number of hydrogen-bond acceptors (Lipinski definition) is 3. The van der Waals surface area contributed by atoms with Crippen molar-refractivity contribution in [3.8, 4) is 0 Å². The van der Waals surface area contributed by atoms with E-state index in [2.05, 4.69) is 0 Å². The first-order valence-corrected chi connectivity index (χ1v) is 8.33. The van der Waals surface area contributed by atoms with Crippen molar-refractivity contribution in [1.29, 1.82) is 0 Å². The number of hydrogen-bond donors (Lipinski definition) is 0. The van der Waals surface area contributed by atoms with Crippen molar-refractivity contribution in [1.82, 2.24) is 0 Å². The third kappa shape index (κ3) is 2.09. The summed E-state index contributed by atoms with van der Waals surface area (Å²) in [6.07, 6.45) is 0. The Hall–Kier alpha value is -2.30. The van der Waals surface area contributed by atoms with Gasteiger partial charge in [-0.25, -0.2) is 0 Å². The zero-order valence-electron chi connectivity index (χ0n) is 23.8. The van der Waals surface area contributed by atoms with E-state index in [1.165, 1.54) is 0 Å². The topological polar surface area (TPSA) is 31.6 Å². The lowest BCUT2D eigenvalue weighted by Gasteiger charge is -2.32. The second kappa shape index (κ2) is 5.12. The maximum absolute atomic E-state index is 8.73. The molecule has 1 fully saturated rings. The van der Waals surface area contributed by atoms with Gasteiger partial charge in [0.15, 0.2) is 0 Å². The van der Waals surface area contributed by atoms with Gasteiger partial charge in [-0.05, 0) is 50.6 Å². The lowest BCUT2D eigenvalue weighted by Crippen LogP contribution is -2.41. The minimum atomic E-state index is -1.13. The molecule has 3 aromatic carbocycles. The van der Waals surface area contributed by atoms with E-state index in [1.54, 1.807) is 0 Å². The lowest BCUT2D eigenvalue weighted by atomic mass is 9.76. The zero-order chi connectivity index (χ0) is 25.9. The van der Waals surface area contributed by atoms with Crippen molar-refractivity contribution < 1.29 is 26.1 Å². The van der Waals surface area contributed by atoms with Gasteiger partial charge in [-0.1, -0.05) is 42.3 Å². The molecule has 0 spiro atoms. The molecule has 2 heterocycles. The second-order valence-electron chi connectivity index (χ2n) is 7.39. The van der Waals surface area contributed by atoms with Crippen LogP contribution in [0.3, 0.4) is 0 Å². The number of fused-ring (bicyclic) bond motifs is 5. The summed E-state index contributed by atoms with van der Waals surface area (Å²) in [7, 11) is -1.13. The summed E-state index contributed by atoms with van der Waals surface area (Å²) < 4.78 is 93.7. The van der Waals surface area contributed by atoms with E-state index >= 15 is 0 Å². The van der Waals surface area contributed by atoms with Gasteiger partial charge in [0, 0.05) is 16.2 Å². The van der Waals surface area contributed by atoms with Gasteiger partial charge in [0.25, 0.3) is 0 Å². The fourth-order valence-electron chi connectivity index (χ4n) is 3.13. The molecule has 130 valence electrons. The molecule has 4 heteroatoms. The fraction of sp³-hybridized carbons (Fsp3) is 0.273. The Balaban J connectivity index is 2.04. The summed E-state index contributed by atoms with van der Waals surface area (Å²) >= 11 is 0. The van der Waals surface area contributed by atoms with Gasteiger partial charge in [-0.15, -0.1) is 0 Å². The molecule has 0 saturated carbocycles. The summed E-state index contributed by atoms with van der Waals surface area (Å²) in [5.41, 5.74) is -1.74. The van der Waals surface area contributed by atoms with Gasteiger partial charge in [0.1, 0.15) is 11.2 Å². The van der Waals surface area contributed by atoms with Crippen molar-refractivity contribution in [3.05, 3.63) is 54.4 Å². The van der Waals surface area contributed by atoms with E-state index in [0.29, 0.717) is 0 Å². The van der Waals surface area contributed by atoms with Crippen LogP contribution in [0.4, 0.5) is 0 Å². The van der Waals surface area contributed by atoms with E-state index in [1.807, 2.05) is 27.7 Å². The molecular formula is C22H21BO3. The monoisotopic (exact) mass is 353 g/mol. The molecule has 3 nitrogen and oxygen atoms in total. The molecule has 1 saturated heterocycles. The molecule has 4 aromatic rings. The Morgan fingerprint density at radius 2 is 1.54 bits per heavy atom. The summed E-state index contributed by atoms with van der Waals surface area (Å²) in [6.45, 7) is 7.29. The van der Waals surface area contributed by atoms with Crippen LogP contribution in [0.1, 0.15) is 40.0 Å². The van der Waals surface area contributed by atoms with Crippen LogP contribution >= 0.6 is 0 Å². The highest BCUT2D eigenvalue weighted by Crippen LogP contribution is 2.38. The van der Waals surface area contributed by atoms with Crippen LogP contribution < -0.4 is 5.46 Å². The highest BCUT2D eigenvalue weighted by atomic mass is 16.7. The van der Waals surface area contributed by atoms with Crippen LogP contribution in [-0.4, -0.2) is 18.3 Å². The molecule has 0 bridgehead atoms. The van der Waals surface area contributed by atoms with Gasteiger partial charge in [0.05, 0.1) is 23.5 Å². The summed E-state index contributed by atoms with van der Waals surface area (Å²) in [5, 5.41) is -0.166. The molecule has 0 unspecified atom stereocenters. The van der Waals surface area contributed by atoms with Crippen molar-refractivity contribution in [2.24, 2.45) is 0 Å². The van der Waals surface area contributed by atoms with Crippen LogP contribution in [0.25, 0.3) is 32.7 Å². The van der Waals surface area contributed by atoms with Crippen LogP contribution in [0.2, 0.25) is 0 Å². The third-order valence-electron chi connectivity index (χ3n) is 5.27. The number of benzene rings is 3. The van der Waals surface area contributed by atoms with Gasteiger partial charge in [-0.3, -0.25) is 0 Å². The number of furan rings is 1. The molecule has 5 rings (SSSR count). The predicted octanol–water partition coefficient (Wildman–Crippen LogP) is 5.04. The van der Waals surface area contributed by atoms with Gasteiger partial charge >= 0.3 is 7.12 Å². The quantitative estimate of drug-likeness (QED) is 0.450. The van der Waals surface area contributed by atoms with E-state index in [9.17, 15) is 0 Å². The molecule has 1 aromatic heterocycles. The lowest BCUT2D eigenvalue weighted by molar-refractivity contribution is 0.00578. The molecule has 0 atom stereocenters. The Kier molecular flexibility index (Phi) is 1.79. The molecular weight excluding hydrogens is 323 g/mol. The smallest absolute Gasteiger partial charge is 0.455 e. The van der Waals surface area contributed by atoms with E-state index in [0.717, 1.165) is 0 Å². The fourth-order valence-corrected chi connectivity index (χ4v) is 3.13. The predicted molar refractivity (Wildman–Crippen MR) is 107 cm³/mol. The average Bonchev–Trinajstić information content (AvgIpc) is 3.26. The van der Waals surface area contributed by atoms with E-state index in [4.69, 9.17) is 26.1 Å². The van der Waals surface area contributed by atoms with Crippen LogP contribution in [0, 0.1) is 0 Å². The van der Waals surface area contributed by atoms with Crippen molar-refractivity contribution in [2.45, 2.75) is 38.9 Å². The largest absolute Gasteiger partial charge is 0.495 e. The molecule has 1 aliphatic rings. The number of rotatable bonds is 1. The SMILES string of the molecule is [2H]c1c([2H])c(B2OC(C)(C)C(C)(C)O2)c2c(oc3c4c([2H])c([2H])c([2H])c([2H])c4c([2H])c([2H])c32)c1[2H]. The highest BCUT2D eigenvalue weighted by Gasteiger charge is 2.52. The molecule has 26 heavy (non-hydrogen) atoms. The maximum atomic E-state index is 8.73. The van der Waals surface area contributed by atoms with Crippen LogP contribution in [-0.2, 0) is 9.31 Å². The van der Waals surface area contributed by atoms with Gasteiger partial charge in [-0.2, -0.15) is 0 Å². The molecule has 1 aliphatic heterocycles. The summed E-state index contributed by atoms with van der Waals surface area (Å²) in [4.78, 5) is 0. The first-order valence-electron chi connectivity index (χ1n) is 12.8. The molecule has 0 aliphatic carbocycles. The van der Waals surface area contributed by atoms with Crippen molar-refractivity contribution >= 4 is 45.3 Å². The normalized spacial score (nSPS) is 23.8. The first-order chi connectivity index (χ1) is 16.1. The minimum Gasteiger partial charge on any atom is -0.455 e. The Morgan fingerprint density at radius 3 is 2.31 bits per heavy atom. The molecule has 0 N–H and O–H groups in total. The Labute approximate surface area is 165 Å². The van der Waals surface area contributed by atoms with Crippen molar-refractivity contribution in [3.63, 3.8) is 0 Å². The average molecular weight is 353 g/mol. The zero-order valence-corrected chi connectivity index (χ0v) is 14.8. The highest BCUT2D eigenvalue weighted by molar-refractivity contribution is 6.66. The van der Waals surface area contributed by atoms with Crippen LogP contribution in [0.15, 0.2) is 58.8 Å². The first kappa shape index (κ1) is 9.07. The van der Waals surface area contributed by atoms with Gasteiger partial charge in [0.2, 0.25) is 0 Å². The molecule has 0 radical (unpaired) electrons. The van der Waals surface area contributed by atoms with E-state index in [-0.39, 0.29) is 50.3 Å². The second-order valence-corrected chi connectivity index (χ2v) is 7.39. The maximum Gasteiger partial charge on any atom is 0.495 e. The molecule has 0 amide bonds. The standard InChI is InChI=1S/C22H21BO3/c1-21(2)22(3,4)26-23(25-21)17-10-7-11-18-19(17)16-13-12-14-8-5-6-9-15(14)20(16)24-18/h5-13H,1-4H3/i5D,6D,7D,8D,9D,10D,11D,12D,13D. The van der Waals surface area contributed by atoms with E-state index < -0.39 is 60.6 Å². The van der Waals surface area contributed by atoms with Crippen LogP contribution in [0.5, 0.6) is 0 Å². The Bertz CT molecular complexity index is 1590.